The highest BCUT2D eigenvalue weighted by Gasteiger charge is 2.08. The molecule has 0 unspecified atom stereocenters. The maximum Gasteiger partial charge on any atom is 0.322 e. The van der Waals surface area contributed by atoms with Crippen LogP contribution < -0.4 is 20.9 Å². The normalized spacial score (nSPS) is 9.95. The van der Waals surface area contributed by atoms with Gasteiger partial charge in [0.05, 0.1) is 25.2 Å². The van der Waals surface area contributed by atoms with Crippen LogP contribution >= 0.6 is 0 Å². The molecule has 1 heterocycles. The first-order valence-electron chi connectivity index (χ1n) is 5.33. The molecule has 0 fully saturated rings. The molecule has 4 N–H and O–H groups in total. The lowest BCUT2D eigenvalue weighted by molar-refractivity contribution is 0.0999. The van der Waals surface area contributed by atoms with Crippen LogP contribution in [0.2, 0.25) is 0 Å². The molecule has 2 aromatic rings. The van der Waals surface area contributed by atoms with Crippen molar-refractivity contribution >= 4 is 11.6 Å². The number of primary amides is 1. The highest BCUT2D eigenvalue weighted by molar-refractivity contribution is 5.93. The van der Waals surface area contributed by atoms with Gasteiger partial charge in [0, 0.05) is 11.6 Å². The Morgan fingerprint density at radius 2 is 1.79 bits per heavy atom. The number of rotatable bonds is 4. The Hall–Kier alpha value is -2.83. The van der Waals surface area contributed by atoms with E-state index in [2.05, 4.69) is 9.97 Å². The highest BCUT2D eigenvalue weighted by atomic mass is 16.5. The Morgan fingerprint density at radius 3 is 2.37 bits per heavy atom. The van der Waals surface area contributed by atoms with Crippen molar-refractivity contribution < 1.29 is 14.3 Å². The van der Waals surface area contributed by atoms with Crippen molar-refractivity contribution in [2.24, 2.45) is 5.73 Å². The standard InChI is InChI=1S/C12H12N4O3/c1-18-9-2-7(11(14)17)3-10(4-9)19-12-15-5-8(13)6-16-12/h2-6H,13H2,1H3,(H2,14,17). The number of carbonyl (C=O) groups excluding carboxylic acids is 1. The van der Waals surface area contributed by atoms with E-state index in [9.17, 15) is 4.79 Å². The molecule has 1 aromatic carbocycles. The van der Waals surface area contributed by atoms with E-state index in [1.807, 2.05) is 0 Å². The number of ether oxygens (including phenoxy) is 2. The summed E-state index contributed by atoms with van der Waals surface area (Å²) in [4.78, 5) is 19.0. The minimum atomic E-state index is -0.582. The van der Waals surface area contributed by atoms with Crippen molar-refractivity contribution in [3.63, 3.8) is 0 Å². The molecule has 1 aromatic heterocycles. The second-order valence-electron chi connectivity index (χ2n) is 3.66. The molecule has 7 nitrogen and oxygen atoms in total. The Bertz CT molecular complexity index is 598. The fraction of sp³-hybridized carbons (Fsp3) is 0.0833. The third kappa shape index (κ3) is 3.09. The van der Waals surface area contributed by atoms with Crippen molar-refractivity contribution in [3.8, 4) is 17.5 Å². The molecule has 0 bridgehead atoms. The molecule has 0 atom stereocenters. The molecule has 1 amide bonds. The van der Waals surface area contributed by atoms with Gasteiger partial charge in [0.1, 0.15) is 11.5 Å². The van der Waals surface area contributed by atoms with Crippen LogP contribution in [-0.2, 0) is 0 Å². The number of aromatic nitrogens is 2. The number of nitrogens with zero attached hydrogens (tertiary/aromatic N) is 2. The summed E-state index contributed by atoms with van der Waals surface area (Å²) >= 11 is 0. The molecule has 0 radical (unpaired) electrons. The summed E-state index contributed by atoms with van der Waals surface area (Å²) in [6.07, 6.45) is 2.83. The van der Waals surface area contributed by atoms with Crippen LogP contribution in [0.3, 0.4) is 0 Å². The minimum absolute atomic E-state index is 0.109. The van der Waals surface area contributed by atoms with E-state index in [1.165, 1.54) is 31.6 Å². The monoisotopic (exact) mass is 260 g/mol. The first kappa shape index (κ1) is 12.6. The Morgan fingerprint density at radius 1 is 1.16 bits per heavy atom. The molecule has 7 heteroatoms. The summed E-state index contributed by atoms with van der Waals surface area (Å²) in [6, 6.07) is 4.69. The van der Waals surface area contributed by atoms with Crippen LogP contribution in [0, 0.1) is 0 Å². The smallest absolute Gasteiger partial charge is 0.322 e. The quantitative estimate of drug-likeness (QED) is 0.846. The zero-order valence-electron chi connectivity index (χ0n) is 10.2. The van der Waals surface area contributed by atoms with Crippen molar-refractivity contribution in [1.29, 1.82) is 0 Å². The van der Waals surface area contributed by atoms with Gasteiger partial charge in [-0.3, -0.25) is 4.79 Å². The van der Waals surface area contributed by atoms with E-state index in [1.54, 1.807) is 6.07 Å². The zero-order chi connectivity index (χ0) is 13.8. The third-order valence-corrected chi connectivity index (χ3v) is 2.26. The number of amides is 1. The minimum Gasteiger partial charge on any atom is -0.497 e. The number of anilines is 1. The molecule has 0 aliphatic carbocycles. The number of carbonyl (C=O) groups is 1. The van der Waals surface area contributed by atoms with Crippen molar-refractivity contribution in [2.45, 2.75) is 0 Å². The van der Waals surface area contributed by atoms with Crippen LogP contribution in [0.1, 0.15) is 10.4 Å². The fourth-order valence-electron chi connectivity index (χ4n) is 1.38. The van der Waals surface area contributed by atoms with Gasteiger partial charge in [-0.15, -0.1) is 0 Å². The summed E-state index contributed by atoms with van der Waals surface area (Å²) in [5.74, 6) is 0.210. The molecule has 98 valence electrons. The second-order valence-corrected chi connectivity index (χ2v) is 3.66. The average Bonchev–Trinajstić information content (AvgIpc) is 2.41. The number of hydrogen-bond acceptors (Lipinski definition) is 6. The van der Waals surface area contributed by atoms with Gasteiger partial charge in [0.2, 0.25) is 5.91 Å². The van der Waals surface area contributed by atoms with E-state index in [0.29, 0.717) is 17.2 Å². The molecular formula is C12H12N4O3. The lowest BCUT2D eigenvalue weighted by Gasteiger charge is -2.07. The van der Waals surface area contributed by atoms with Crippen LogP contribution in [0.15, 0.2) is 30.6 Å². The molecule has 0 aliphatic heterocycles. The van der Waals surface area contributed by atoms with Crippen LogP contribution in [0.4, 0.5) is 5.69 Å². The summed E-state index contributed by atoms with van der Waals surface area (Å²) < 4.78 is 10.5. The van der Waals surface area contributed by atoms with E-state index >= 15 is 0 Å². The lowest BCUT2D eigenvalue weighted by atomic mass is 10.2. The first-order valence-corrected chi connectivity index (χ1v) is 5.33. The van der Waals surface area contributed by atoms with Crippen molar-refractivity contribution in [2.75, 3.05) is 12.8 Å². The van der Waals surface area contributed by atoms with E-state index in [-0.39, 0.29) is 11.6 Å². The van der Waals surface area contributed by atoms with E-state index < -0.39 is 5.91 Å². The molecule has 2 rings (SSSR count). The number of methoxy groups -OCH3 is 1. The molecule has 0 aliphatic rings. The highest BCUT2D eigenvalue weighted by Crippen LogP contribution is 2.25. The number of benzene rings is 1. The summed E-state index contributed by atoms with van der Waals surface area (Å²) in [5, 5.41) is 0. The van der Waals surface area contributed by atoms with Gasteiger partial charge in [0.25, 0.3) is 0 Å². The summed E-state index contributed by atoms with van der Waals surface area (Å²) in [7, 11) is 1.48. The zero-order valence-corrected chi connectivity index (χ0v) is 10.2. The molecular weight excluding hydrogens is 248 g/mol. The van der Waals surface area contributed by atoms with Gasteiger partial charge < -0.3 is 20.9 Å². The second kappa shape index (κ2) is 5.21. The largest absolute Gasteiger partial charge is 0.497 e. The lowest BCUT2D eigenvalue weighted by Crippen LogP contribution is -2.11. The predicted molar refractivity (Wildman–Crippen MR) is 68.0 cm³/mol. The predicted octanol–water partition coefficient (Wildman–Crippen LogP) is 0.959. The summed E-state index contributed by atoms with van der Waals surface area (Å²) in [5.41, 5.74) is 11.4. The van der Waals surface area contributed by atoms with Crippen LogP contribution in [0.25, 0.3) is 0 Å². The fourth-order valence-corrected chi connectivity index (χ4v) is 1.38. The van der Waals surface area contributed by atoms with E-state index in [0.717, 1.165) is 0 Å². The van der Waals surface area contributed by atoms with Gasteiger partial charge in [-0.1, -0.05) is 0 Å². The number of nitrogen functional groups attached to an aromatic ring is 1. The first-order chi connectivity index (χ1) is 9.08. The van der Waals surface area contributed by atoms with Gasteiger partial charge in [0.15, 0.2) is 0 Å². The third-order valence-electron chi connectivity index (χ3n) is 2.26. The molecule has 0 spiro atoms. The molecule has 0 saturated carbocycles. The SMILES string of the molecule is COc1cc(Oc2ncc(N)cn2)cc(C(N)=O)c1. The average molecular weight is 260 g/mol. The molecule has 19 heavy (non-hydrogen) atoms. The number of hydrogen-bond donors (Lipinski definition) is 2. The van der Waals surface area contributed by atoms with Gasteiger partial charge in [-0.25, -0.2) is 9.97 Å². The van der Waals surface area contributed by atoms with Crippen LogP contribution in [0.5, 0.6) is 17.5 Å². The van der Waals surface area contributed by atoms with Gasteiger partial charge in [-0.05, 0) is 12.1 Å². The molecule has 0 saturated heterocycles. The van der Waals surface area contributed by atoms with Crippen molar-refractivity contribution in [1.82, 2.24) is 9.97 Å². The Kier molecular flexibility index (Phi) is 3.46. The van der Waals surface area contributed by atoms with Gasteiger partial charge in [-0.2, -0.15) is 0 Å². The maximum absolute atomic E-state index is 11.2. The maximum atomic E-state index is 11.2. The Balaban J connectivity index is 2.31. The summed E-state index contributed by atoms with van der Waals surface area (Å²) in [6.45, 7) is 0. The van der Waals surface area contributed by atoms with E-state index in [4.69, 9.17) is 20.9 Å². The van der Waals surface area contributed by atoms with Crippen molar-refractivity contribution in [3.05, 3.63) is 36.2 Å². The van der Waals surface area contributed by atoms with Gasteiger partial charge >= 0.3 is 6.01 Å². The Labute approximate surface area is 109 Å². The number of nitrogens with two attached hydrogens (primary N) is 2. The van der Waals surface area contributed by atoms with Crippen LogP contribution in [-0.4, -0.2) is 23.0 Å². The topological polar surface area (TPSA) is 113 Å².